The van der Waals surface area contributed by atoms with Crippen molar-refractivity contribution in [2.24, 2.45) is 0 Å². The second kappa shape index (κ2) is 10.1. The van der Waals surface area contributed by atoms with Crippen LogP contribution in [0.4, 0.5) is 0 Å². The summed E-state index contributed by atoms with van der Waals surface area (Å²) < 4.78 is 0. The fourth-order valence-corrected chi connectivity index (χ4v) is 3.56. The maximum absolute atomic E-state index is 6.21. The van der Waals surface area contributed by atoms with Gasteiger partial charge in [-0.15, -0.1) is 11.6 Å². The Morgan fingerprint density at radius 2 is 1.30 bits per heavy atom. The zero-order valence-corrected chi connectivity index (χ0v) is 16.5. The first-order chi connectivity index (χ1) is 13.3. The number of hydrogen-bond donors (Lipinski definition) is 1. The van der Waals surface area contributed by atoms with Gasteiger partial charge in [0.05, 0.1) is 0 Å². The van der Waals surface area contributed by atoms with Crippen LogP contribution in [-0.2, 0) is 6.42 Å². The molecule has 1 nitrogen and oxygen atoms in total. The molecule has 0 aliphatic heterocycles. The molecule has 0 saturated heterocycles. The van der Waals surface area contributed by atoms with E-state index in [2.05, 4.69) is 90.2 Å². The molecular formula is C25H26ClN. The molecule has 0 unspecified atom stereocenters. The van der Waals surface area contributed by atoms with E-state index >= 15 is 0 Å². The van der Waals surface area contributed by atoms with Gasteiger partial charge in [-0.05, 0) is 59.8 Å². The third kappa shape index (κ3) is 5.09. The Morgan fingerprint density at radius 3 is 1.85 bits per heavy atom. The first-order valence-electron chi connectivity index (χ1n) is 9.47. The van der Waals surface area contributed by atoms with E-state index < -0.39 is 0 Å². The number of likely N-dealkylation sites (N-methyl/N-ethyl adjacent to an activating group) is 1. The number of rotatable bonds is 8. The lowest BCUT2D eigenvalue weighted by atomic mass is 9.88. The SMILES string of the molecule is CNCCc1ccc(C(=C(CCCl)c2ccccc2)c2ccccc2)cc1. The molecule has 0 aliphatic rings. The van der Waals surface area contributed by atoms with Crippen molar-refractivity contribution in [3.05, 3.63) is 107 Å². The molecule has 1 N–H and O–H groups in total. The van der Waals surface area contributed by atoms with Crippen LogP contribution in [0.2, 0.25) is 0 Å². The highest BCUT2D eigenvalue weighted by Gasteiger charge is 2.13. The van der Waals surface area contributed by atoms with Crippen molar-refractivity contribution in [3.8, 4) is 0 Å². The van der Waals surface area contributed by atoms with Gasteiger partial charge >= 0.3 is 0 Å². The van der Waals surface area contributed by atoms with Gasteiger partial charge in [0.1, 0.15) is 0 Å². The average Bonchev–Trinajstić information content (AvgIpc) is 2.74. The Bertz CT molecular complexity index is 852. The van der Waals surface area contributed by atoms with Crippen LogP contribution in [0.25, 0.3) is 11.1 Å². The maximum atomic E-state index is 6.21. The van der Waals surface area contributed by atoms with Gasteiger partial charge in [0, 0.05) is 5.88 Å². The Balaban J connectivity index is 2.13. The lowest BCUT2D eigenvalue weighted by molar-refractivity contribution is 0.792. The van der Waals surface area contributed by atoms with Crippen molar-refractivity contribution in [1.29, 1.82) is 0 Å². The predicted molar refractivity (Wildman–Crippen MR) is 118 cm³/mol. The van der Waals surface area contributed by atoms with E-state index in [0.717, 1.165) is 19.4 Å². The smallest absolute Gasteiger partial charge is 0.0264 e. The van der Waals surface area contributed by atoms with E-state index in [-0.39, 0.29) is 0 Å². The number of halogens is 1. The standard InChI is InChI=1S/C25H26ClN/c1-27-19-17-20-12-14-23(15-13-20)25(22-10-6-3-7-11-22)24(16-18-26)21-8-4-2-5-9-21/h2-15,27H,16-19H2,1H3. The average molecular weight is 376 g/mol. The highest BCUT2D eigenvalue weighted by atomic mass is 35.5. The van der Waals surface area contributed by atoms with Crippen molar-refractivity contribution < 1.29 is 0 Å². The Hall–Kier alpha value is -2.35. The lowest BCUT2D eigenvalue weighted by Crippen LogP contribution is -2.10. The summed E-state index contributed by atoms with van der Waals surface area (Å²) in [5, 5.41) is 3.21. The molecule has 0 saturated carbocycles. The van der Waals surface area contributed by atoms with E-state index in [9.17, 15) is 0 Å². The van der Waals surface area contributed by atoms with Crippen LogP contribution in [0.5, 0.6) is 0 Å². The normalized spacial score (nSPS) is 11.9. The molecule has 0 radical (unpaired) electrons. The summed E-state index contributed by atoms with van der Waals surface area (Å²) in [4.78, 5) is 0. The highest BCUT2D eigenvalue weighted by Crippen LogP contribution is 2.34. The van der Waals surface area contributed by atoms with E-state index in [1.807, 2.05) is 7.05 Å². The van der Waals surface area contributed by atoms with Gasteiger partial charge in [-0.3, -0.25) is 0 Å². The third-order valence-corrected chi connectivity index (χ3v) is 4.93. The maximum Gasteiger partial charge on any atom is 0.0264 e. The molecule has 3 aromatic rings. The monoisotopic (exact) mass is 375 g/mol. The molecule has 0 fully saturated rings. The van der Waals surface area contributed by atoms with Crippen molar-refractivity contribution in [3.63, 3.8) is 0 Å². The second-order valence-corrected chi connectivity index (χ2v) is 6.95. The van der Waals surface area contributed by atoms with Gasteiger partial charge < -0.3 is 5.32 Å². The molecule has 2 heteroatoms. The highest BCUT2D eigenvalue weighted by molar-refractivity contribution is 6.18. The van der Waals surface area contributed by atoms with Gasteiger partial charge in [0.25, 0.3) is 0 Å². The second-order valence-electron chi connectivity index (χ2n) is 6.58. The molecule has 0 heterocycles. The molecule has 0 spiro atoms. The third-order valence-electron chi connectivity index (χ3n) is 4.74. The fraction of sp³-hybridized carbons (Fsp3) is 0.200. The minimum absolute atomic E-state index is 0.598. The Morgan fingerprint density at radius 1 is 0.741 bits per heavy atom. The molecule has 27 heavy (non-hydrogen) atoms. The Labute approximate surface area is 167 Å². The van der Waals surface area contributed by atoms with E-state index in [1.54, 1.807) is 0 Å². The van der Waals surface area contributed by atoms with Gasteiger partial charge in [0.15, 0.2) is 0 Å². The molecule has 0 bridgehead atoms. The number of hydrogen-bond acceptors (Lipinski definition) is 1. The summed E-state index contributed by atoms with van der Waals surface area (Å²) in [5.74, 6) is 0.598. The molecular weight excluding hydrogens is 350 g/mol. The van der Waals surface area contributed by atoms with Crippen LogP contribution in [0.3, 0.4) is 0 Å². The zero-order chi connectivity index (χ0) is 18.9. The number of alkyl halides is 1. The van der Waals surface area contributed by atoms with Gasteiger partial charge in [-0.1, -0.05) is 84.9 Å². The van der Waals surface area contributed by atoms with Gasteiger partial charge in [0.2, 0.25) is 0 Å². The van der Waals surface area contributed by atoms with Crippen LogP contribution >= 0.6 is 11.6 Å². The minimum Gasteiger partial charge on any atom is -0.319 e. The van der Waals surface area contributed by atoms with Crippen LogP contribution in [-0.4, -0.2) is 19.5 Å². The topological polar surface area (TPSA) is 12.0 Å². The summed E-state index contributed by atoms with van der Waals surface area (Å²) in [6.45, 7) is 0.988. The molecule has 3 aromatic carbocycles. The van der Waals surface area contributed by atoms with Gasteiger partial charge in [-0.25, -0.2) is 0 Å². The molecule has 0 aliphatic carbocycles. The van der Waals surface area contributed by atoms with Crippen molar-refractivity contribution in [1.82, 2.24) is 5.32 Å². The van der Waals surface area contributed by atoms with Crippen molar-refractivity contribution in [2.75, 3.05) is 19.5 Å². The van der Waals surface area contributed by atoms with Crippen LogP contribution < -0.4 is 5.32 Å². The van der Waals surface area contributed by atoms with Crippen molar-refractivity contribution >= 4 is 22.7 Å². The largest absolute Gasteiger partial charge is 0.319 e. The molecule has 0 amide bonds. The number of allylic oxidation sites excluding steroid dienone is 1. The van der Waals surface area contributed by atoms with Crippen molar-refractivity contribution in [2.45, 2.75) is 12.8 Å². The summed E-state index contributed by atoms with van der Waals surface area (Å²) in [7, 11) is 1.99. The van der Waals surface area contributed by atoms with E-state index in [0.29, 0.717) is 5.88 Å². The first kappa shape index (κ1) is 19.4. The zero-order valence-electron chi connectivity index (χ0n) is 15.8. The number of nitrogens with one attached hydrogen (secondary N) is 1. The first-order valence-corrected chi connectivity index (χ1v) is 10.0. The molecule has 3 rings (SSSR count). The summed E-state index contributed by atoms with van der Waals surface area (Å²) in [6.07, 6.45) is 1.87. The predicted octanol–water partition coefficient (Wildman–Crippen LogP) is 6.04. The van der Waals surface area contributed by atoms with E-state index in [4.69, 9.17) is 11.6 Å². The molecule has 0 atom stereocenters. The lowest BCUT2D eigenvalue weighted by Gasteiger charge is -2.17. The van der Waals surface area contributed by atoms with Gasteiger partial charge in [-0.2, -0.15) is 0 Å². The van der Waals surface area contributed by atoms with Crippen LogP contribution in [0.15, 0.2) is 84.9 Å². The minimum atomic E-state index is 0.598. The summed E-state index contributed by atoms with van der Waals surface area (Å²) >= 11 is 6.21. The van der Waals surface area contributed by atoms with Crippen LogP contribution in [0, 0.1) is 0 Å². The molecule has 138 valence electrons. The van der Waals surface area contributed by atoms with Crippen LogP contribution in [0.1, 0.15) is 28.7 Å². The molecule has 0 aromatic heterocycles. The number of benzene rings is 3. The fourth-order valence-electron chi connectivity index (χ4n) is 3.37. The summed E-state index contributed by atoms with van der Waals surface area (Å²) in [6, 6.07) is 30.2. The summed E-state index contributed by atoms with van der Waals surface area (Å²) in [5.41, 5.74) is 7.60. The van der Waals surface area contributed by atoms with E-state index in [1.165, 1.54) is 33.4 Å². The quantitative estimate of drug-likeness (QED) is 0.374. The Kier molecular flexibility index (Phi) is 7.27.